The predicted molar refractivity (Wildman–Crippen MR) is 63.8 cm³/mol. The van der Waals surface area contributed by atoms with Crippen LogP contribution in [0.4, 0.5) is 0 Å². The summed E-state index contributed by atoms with van der Waals surface area (Å²) in [5.41, 5.74) is -0.162. The van der Waals surface area contributed by atoms with Crippen LogP contribution in [0, 0.1) is 5.92 Å². The summed E-state index contributed by atoms with van der Waals surface area (Å²) in [6, 6.07) is 0. The zero-order chi connectivity index (χ0) is 12.7. The van der Waals surface area contributed by atoms with Gasteiger partial charge in [-0.1, -0.05) is 13.3 Å². The standard InChI is InChI=1S/C11H19N3O3/c1-2-3-8(4-5-15)6-12-10(16)9-7-13-11(17)14-9/h7-8,15H,2-6H2,1H3,(H,12,16)(H2,13,14,17). The lowest BCUT2D eigenvalue weighted by molar-refractivity contribution is 0.0938. The second-order valence-corrected chi connectivity index (χ2v) is 4.03. The number of H-pyrrole nitrogens is 2. The largest absolute Gasteiger partial charge is 0.396 e. The van der Waals surface area contributed by atoms with Crippen LogP contribution in [0.3, 0.4) is 0 Å². The van der Waals surface area contributed by atoms with Crippen molar-refractivity contribution in [2.24, 2.45) is 5.92 Å². The molecule has 0 saturated carbocycles. The molecule has 96 valence electrons. The zero-order valence-corrected chi connectivity index (χ0v) is 9.95. The van der Waals surface area contributed by atoms with E-state index in [1.54, 1.807) is 0 Å². The first kappa shape index (κ1) is 13.5. The van der Waals surface area contributed by atoms with Crippen molar-refractivity contribution in [1.29, 1.82) is 0 Å². The molecule has 1 aromatic heterocycles. The highest BCUT2D eigenvalue weighted by molar-refractivity contribution is 5.91. The van der Waals surface area contributed by atoms with Crippen molar-refractivity contribution in [2.75, 3.05) is 13.2 Å². The van der Waals surface area contributed by atoms with Crippen LogP contribution in [0.5, 0.6) is 0 Å². The Labute approximate surface area is 99.4 Å². The highest BCUT2D eigenvalue weighted by Gasteiger charge is 2.11. The maximum atomic E-state index is 11.6. The van der Waals surface area contributed by atoms with E-state index in [0.717, 1.165) is 12.8 Å². The molecule has 1 aromatic rings. The first-order chi connectivity index (χ1) is 8.17. The van der Waals surface area contributed by atoms with Gasteiger partial charge in [-0.15, -0.1) is 0 Å². The normalized spacial score (nSPS) is 12.4. The summed E-state index contributed by atoms with van der Waals surface area (Å²) in [5.74, 6) is -0.0259. The number of aromatic amines is 2. The van der Waals surface area contributed by atoms with Crippen LogP contribution in [0.1, 0.15) is 36.7 Å². The fraction of sp³-hybridized carbons (Fsp3) is 0.636. The number of imidazole rings is 1. The lowest BCUT2D eigenvalue weighted by atomic mass is 10.0. The molecule has 1 rings (SSSR count). The van der Waals surface area contributed by atoms with Crippen molar-refractivity contribution in [3.05, 3.63) is 22.4 Å². The topological polar surface area (TPSA) is 98.0 Å². The second kappa shape index (κ2) is 6.90. The van der Waals surface area contributed by atoms with Crippen molar-refractivity contribution < 1.29 is 9.90 Å². The van der Waals surface area contributed by atoms with Gasteiger partial charge in [0.25, 0.3) is 5.91 Å². The molecule has 0 bridgehead atoms. The summed E-state index contributed by atoms with van der Waals surface area (Å²) < 4.78 is 0. The van der Waals surface area contributed by atoms with Gasteiger partial charge in [0, 0.05) is 19.3 Å². The van der Waals surface area contributed by atoms with Crippen LogP contribution >= 0.6 is 0 Å². The Morgan fingerprint density at radius 3 is 2.82 bits per heavy atom. The van der Waals surface area contributed by atoms with E-state index in [4.69, 9.17) is 5.11 Å². The fourth-order valence-electron chi connectivity index (χ4n) is 1.73. The average Bonchev–Trinajstić information content (AvgIpc) is 2.73. The highest BCUT2D eigenvalue weighted by Crippen LogP contribution is 2.09. The summed E-state index contributed by atoms with van der Waals surface area (Å²) in [5, 5.41) is 11.6. The summed E-state index contributed by atoms with van der Waals surface area (Å²) in [6.07, 6.45) is 4.00. The molecule has 6 heteroatoms. The number of carbonyl (C=O) groups is 1. The third-order valence-corrected chi connectivity index (χ3v) is 2.63. The van der Waals surface area contributed by atoms with E-state index in [-0.39, 0.29) is 24.1 Å². The minimum Gasteiger partial charge on any atom is -0.396 e. The first-order valence-electron chi connectivity index (χ1n) is 5.84. The maximum Gasteiger partial charge on any atom is 0.323 e. The number of aromatic nitrogens is 2. The monoisotopic (exact) mass is 241 g/mol. The highest BCUT2D eigenvalue weighted by atomic mass is 16.3. The zero-order valence-electron chi connectivity index (χ0n) is 9.95. The molecular weight excluding hydrogens is 222 g/mol. The van der Waals surface area contributed by atoms with Gasteiger partial charge in [0.15, 0.2) is 0 Å². The molecule has 6 nitrogen and oxygen atoms in total. The Morgan fingerprint density at radius 2 is 2.29 bits per heavy atom. The first-order valence-corrected chi connectivity index (χ1v) is 5.84. The molecule has 0 aromatic carbocycles. The van der Waals surface area contributed by atoms with Gasteiger partial charge < -0.3 is 20.4 Å². The van der Waals surface area contributed by atoms with Crippen LogP contribution in [0.15, 0.2) is 11.0 Å². The number of hydrogen-bond donors (Lipinski definition) is 4. The van der Waals surface area contributed by atoms with Gasteiger partial charge in [-0.3, -0.25) is 4.79 Å². The summed E-state index contributed by atoms with van der Waals surface area (Å²) in [4.78, 5) is 27.2. The molecule has 1 atom stereocenters. The number of aliphatic hydroxyl groups excluding tert-OH is 1. The molecular formula is C11H19N3O3. The molecule has 0 saturated heterocycles. The van der Waals surface area contributed by atoms with Crippen LogP contribution < -0.4 is 11.0 Å². The third kappa shape index (κ3) is 4.44. The summed E-state index contributed by atoms with van der Waals surface area (Å²) in [7, 11) is 0. The van der Waals surface area contributed by atoms with E-state index in [0.29, 0.717) is 13.0 Å². The molecule has 0 spiro atoms. The van der Waals surface area contributed by atoms with Gasteiger partial charge in [-0.05, 0) is 18.8 Å². The van der Waals surface area contributed by atoms with E-state index >= 15 is 0 Å². The second-order valence-electron chi connectivity index (χ2n) is 4.03. The van der Waals surface area contributed by atoms with E-state index in [2.05, 4.69) is 22.2 Å². The molecule has 4 N–H and O–H groups in total. The van der Waals surface area contributed by atoms with Crippen molar-refractivity contribution in [2.45, 2.75) is 26.2 Å². The lowest BCUT2D eigenvalue weighted by Crippen LogP contribution is -2.30. The van der Waals surface area contributed by atoms with E-state index < -0.39 is 5.69 Å². The maximum absolute atomic E-state index is 11.6. The Balaban J connectivity index is 2.43. The van der Waals surface area contributed by atoms with Crippen molar-refractivity contribution in [3.63, 3.8) is 0 Å². The van der Waals surface area contributed by atoms with Crippen LogP contribution in [-0.4, -0.2) is 34.1 Å². The molecule has 0 radical (unpaired) electrons. The number of nitrogens with one attached hydrogen (secondary N) is 3. The van der Waals surface area contributed by atoms with Crippen molar-refractivity contribution in [1.82, 2.24) is 15.3 Å². The third-order valence-electron chi connectivity index (χ3n) is 2.63. The molecule has 1 heterocycles. The van der Waals surface area contributed by atoms with Crippen LogP contribution in [-0.2, 0) is 0 Å². The molecule has 1 unspecified atom stereocenters. The molecule has 0 aliphatic heterocycles. The average molecular weight is 241 g/mol. The van der Waals surface area contributed by atoms with Crippen LogP contribution in [0.2, 0.25) is 0 Å². The van der Waals surface area contributed by atoms with Gasteiger partial charge >= 0.3 is 5.69 Å². The number of hydrogen-bond acceptors (Lipinski definition) is 3. The molecule has 0 aliphatic carbocycles. The van der Waals surface area contributed by atoms with E-state index in [9.17, 15) is 9.59 Å². The smallest absolute Gasteiger partial charge is 0.323 e. The fourth-order valence-corrected chi connectivity index (χ4v) is 1.73. The van der Waals surface area contributed by atoms with E-state index in [1.807, 2.05) is 0 Å². The van der Waals surface area contributed by atoms with Crippen molar-refractivity contribution >= 4 is 5.91 Å². The van der Waals surface area contributed by atoms with Crippen LogP contribution in [0.25, 0.3) is 0 Å². The molecule has 17 heavy (non-hydrogen) atoms. The quantitative estimate of drug-likeness (QED) is 0.550. The van der Waals surface area contributed by atoms with Gasteiger partial charge in [0.2, 0.25) is 0 Å². The lowest BCUT2D eigenvalue weighted by Gasteiger charge is -2.15. The minimum absolute atomic E-state index is 0.127. The minimum atomic E-state index is -0.393. The Kier molecular flexibility index (Phi) is 5.48. The molecule has 0 aliphatic rings. The predicted octanol–water partition coefficient (Wildman–Crippen LogP) is 0.231. The number of rotatable bonds is 7. The van der Waals surface area contributed by atoms with Gasteiger partial charge in [-0.25, -0.2) is 4.79 Å². The van der Waals surface area contributed by atoms with Gasteiger partial charge in [-0.2, -0.15) is 0 Å². The van der Waals surface area contributed by atoms with Gasteiger partial charge in [0.05, 0.1) is 0 Å². The number of carbonyl (C=O) groups excluding carboxylic acids is 1. The summed E-state index contributed by atoms with van der Waals surface area (Å²) >= 11 is 0. The van der Waals surface area contributed by atoms with E-state index in [1.165, 1.54) is 6.20 Å². The number of aliphatic hydroxyl groups is 1. The summed E-state index contributed by atoms with van der Waals surface area (Å²) in [6.45, 7) is 2.71. The molecule has 0 fully saturated rings. The number of amides is 1. The SMILES string of the molecule is CCCC(CCO)CNC(=O)c1c[nH]c(=O)[nH]1. The Bertz CT molecular complexity index is 391. The molecule has 1 amide bonds. The van der Waals surface area contributed by atoms with Crippen molar-refractivity contribution in [3.8, 4) is 0 Å². The van der Waals surface area contributed by atoms with Gasteiger partial charge in [0.1, 0.15) is 5.69 Å². The Hall–Kier alpha value is -1.56. The Morgan fingerprint density at radius 1 is 1.53 bits per heavy atom.